The molecule has 3 aromatic rings. The molecule has 0 saturated heterocycles. The topological polar surface area (TPSA) is 73.3 Å². The van der Waals surface area contributed by atoms with E-state index in [1.54, 1.807) is 19.1 Å². The number of carbonyl (C=O) groups excluding carboxylic acids is 1. The summed E-state index contributed by atoms with van der Waals surface area (Å²) in [4.78, 5) is 20.7. The van der Waals surface area contributed by atoms with Gasteiger partial charge in [-0.2, -0.15) is 0 Å². The van der Waals surface area contributed by atoms with Gasteiger partial charge in [0, 0.05) is 5.69 Å². The molecule has 2 aromatic heterocycles. The standard InChI is InChI=1S/C16H15N3O3S/c1-3-21-16(20)19-13-5-4-11(8-10(13)2)22-14-12-6-7-23-15(12)18-9-17-14/h4-9H,3H2,1-2H3,(H,19,20). The van der Waals surface area contributed by atoms with E-state index in [1.807, 2.05) is 24.4 Å². The fourth-order valence-corrected chi connectivity index (χ4v) is 2.80. The number of rotatable bonds is 4. The Balaban J connectivity index is 1.80. The van der Waals surface area contributed by atoms with E-state index in [0.29, 0.717) is 23.9 Å². The van der Waals surface area contributed by atoms with Gasteiger partial charge in [-0.1, -0.05) is 0 Å². The molecule has 1 N–H and O–H groups in total. The summed E-state index contributed by atoms with van der Waals surface area (Å²) in [6, 6.07) is 7.31. The number of amides is 1. The SMILES string of the molecule is CCOC(=O)Nc1ccc(Oc2ncnc3sccc23)cc1C. The van der Waals surface area contributed by atoms with E-state index in [9.17, 15) is 4.79 Å². The maximum absolute atomic E-state index is 11.5. The maximum Gasteiger partial charge on any atom is 0.411 e. The minimum Gasteiger partial charge on any atom is -0.450 e. The molecular weight excluding hydrogens is 314 g/mol. The van der Waals surface area contributed by atoms with Crippen LogP contribution in [0.15, 0.2) is 36.0 Å². The number of nitrogens with one attached hydrogen (secondary N) is 1. The average molecular weight is 329 g/mol. The number of hydrogen-bond acceptors (Lipinski definition) is 6. The Morgan fingerprint density at radius 1 is 1.30 bits per heavy atom. The summed E-state index contributed by atoms with van der Waals surface area (Å²) in [6.07, 6.45) is 1.01. The summed E-state index contributed by atoms with van der Waals surface area (Å²) in [5.41, 5.74) is 1.55. The van der Waals surface area contributed by atoms with Gasteiger partial charge in [-0.15, -0.1) is 11.3 Å². The molecule has 0 fully saturated rings. The van der Waals surface area contributed by atoms with E-state index >= 15 is 0 Å². The van der Waals surface area contributed by atoms with Crippen LogP contribution in [0, 0.1) is 6.92 Å². The molecule has 0 spiro atoms. The molecule has 118 valence electrons. The lowest BCUT2D eigenvalue weighted by molar-refractivity contribution is 0.168. The van der Waals surface area contributed by atoms with Crippen LogP contribution in [0.5, 0.6) is 11.6 Å². The van der Waals surface area contributed by atoms with Crippen molar-refractivity contribution in [1.82, 2.24) is 9.97 Å². The van der Waals surface area contributed by atoms with Gasteiger partial charge in [0.25, 0.3) is 0 Å². The van der Waals surface area contributed by atoms with E-state index in [1.165, 1.54) is 17.7 Å². The number of fused-ring (bicyclic) bond motifs is 1. The second kappa shape index (κ2) is 6.62. The molecule has 0 unspecified atom stereocenters. The van der Waals surface area contributed by atoms with E-state index in [2.05, 4.69) is 15.3 Å². The number of hydrogen-bond donors (Lipinski definition) is 1. The average Bonchev–Trinajstić information content (AvgIpc) is 3.00. The van der Waals surface area contributed by atoms with E-state index in [0.717, 1.165) is 15.8 Å². The molecule has 1 aromatic carbocycles. The third-order valence-corrected chi connectivity index (χ3v) is 3.97. The first-order chi connectivity index (χ1) is 11.2. The number of aryl methyl sites for hydroxylation is 1. The zero-order valence-electron chi connectivity index (χ0n) is 12.7. The lowest BCUT2D eigenvalue weighted by Gasteiger charge is -2.11. The minimum atomic E-state index is -0.472. The summed E-state index contributed by atoms with van der Waals surface area (Å²) in [7, 11) is 0. The first-order valence-corrected chi connectivity index (χ1v) is 7.96. The molecule has 23 heavy (non-hydrogen) atoms. The molecule has 0 bridgehead atoms. The van der Waals surface area contributed by atoms with E-state index in [4.69, 9.17) is 9.47 Å². The Bertz CT molecular complexity index is 847. The van der Waals surface area contributed by atoms with Crippen molar-refractivity contribution in [1.29, 1.82) is 0 Å². The fourth-order valence-electron chi connectivity index (χ4n) is 2.08. The van der Waals surface area contributed by atoms with Crippen molar-refractivity contribution in [3.63, 3.8) is 0 Å². The van der Waals surface area contributed by atoms with Gasteiger partial charge < -0.3 is 9.47 Å². The number of aromatic nitrogens is 2. The highest BCUT2D eigenvalue weighted by atomic mass is 32.1. The summed E-state index contributed by atoms with van der Waals surface area (Å²) in [6.45, 7) is 3.97. The summed E-state index contributed by atoms with van der Waals surface area (Å²) in [5.74, 6) is 1.16. The number of ether oxygens (including phenoxy) is 2. The van der Waals surface area contributed by atoms with Crippen molar-refractivity contribution in [3.05, 3.63) is 41.5 Å². The first-order valence-electron chi connectivity index (χ1n) is 7.08. The summed E-state index contributed by atoms with van der Waals surface area (Å²) >= 11 is 1.54. The molecule has 0 radical (unpaired) electrons. The normalized spacial score (nSPS) is 10.5. The van der Waals surface area contributed by atoms with Gasteiger partial charge in [-0.3, -0.25) is 5.32 Å². The Morgan fingerprint density at radius 3 is 2.96 bits per heavy atom. The lowest BCUT2D eigenvalue weighted by Crippen LogP contribution is -2.14. The van der Waals surface area contributed by atoms with Gasteiger partial charge in [-0.25, -0.2) is 14.8 Å². The predicted molar refractivity (Wildman–Crippen MR) is 89.3 cm³/mol. The zero-order chi connectivity index (χ0) is 16.2. The van der Waals surface area contributed by atoms with Crippen LogP contribution >= 0.6 is 11.3 Å². The van der Waals surface area contributed by atoms with Crippen LogP contribution in [-0.4, -0.2) is 22.7 Å². The number of carbonyl (C=O) groups is 1. The molecule has 1 amide bonds. The Kier molecular flexibility index (Phi) is 4.38. The van der Waals surface area contributed by atoms with Crippen molar-refractivity contribution < 1.29 is 14.3 Å². The summed E-state index contributed by atoms with van der Waals surface area (Å²) < 4.78 is 10.7. The van der Waals surface area contributed by atoms with Crippen LogP contribution in [0.1, 0.15) is 12.5 Å². The largest absolute Gasteiger partial charge is 0.450 e. The second-order valence-corrected chi connectivity index (χ2v) is 5.64. The molecule has 0 aliphatic carbocycles. The Morgan fingerprint density at radius 2 is 2.17 bits per heavy atom. The third-order valence-electron chi connectivity index (χ3n) is 3.15. The van der Waals surface area contributed by atoms with Gasteiger partial charge in [-0.05, 0) is 49.1 Å². The number of anilines is 1. The van der Waals surface area contributed by atoms with Crippen molar-refractivity contribution in [2.24, 2.45) is 0 Å². The highest BCUT2D eigenvalue weighted by molar-refractivity contribution is 7.16. The number of thiophene rings is 1. The number of benzene rings is 1. The zero-order valence-corrected chi connectivity index (χ0v) is 13.5. The minimum absolute atomic E-state index is 0.330. The first kappa shape index (κ1) is 15.2. The second-order valence-electron chi connectivity index (χ2n) is 4.74. The van der Waals surface area contributed by atoms with E-state index in [-0.39, 0.29) is 0 Å². The van der Waals surface area contributed by atoms with Gasteiger partial charge in [0.15, 0.2) is 0 Å². The number of nitrogens with zero attached hydrogens (tertiary/aromatic N) is 2. The van der Waals surface area contributed by atoms with Crippen molar-refractivity contribution in [2.45, 2.75) is 13.8 Å². The van der Waals surface area contributed by atoms with Crippen LogP contribution in [0.3, 0.4) is 0 Å². The molecule has 0 atom stereocenters. The molecule has 6 nitrogen and oxygen atoms in total. The van der Waals surface area contributed by atoms with Gasteiger partial charge in [0.1, 0.15) is 16.9 Å². The Labute approximate surface area is 137 Å². The molecular formula is C16H15N3O3S. The molecule has 3 rings (SSSR count). The monoisotopic (exact) mass is 329 g/mol. The van der Waals surface area contributed by atoms with Gasteiger partial charge >= 0.3 is 6.09 Å². The fraction of sp³-hybridized carbons (Fsp3) is 0.188. The maximum atomic E-state index is 11.5. The Hall–Kier alpha value is -2.67. The van der Waals surface area contributed by atoms with Crippen LogP contribution in [-0.2, 0) is 4.74 Å². The predicted octanol–water partition coefficient (Wildman–Crippen LogP) is 4.36. The quantitative estimate of drug-likeness (QED) is 0.770. The molecule has 0 aliphatic rings. The van der Waals surface area contributed by atoms with Crippen LogP contribution in [0.4, 0.5) is 10.5 Å². The van der Waals surface area contributed by atoms with Crippen molar-refractivity contribution >= 4 is 33.3 Å². The van der Waals surface area contributed by atoms with Crippen molar-refractivity contribution in [3.8, 4) is 11.6 Å². The third kappa shape index (κ3) is 3.40. The van der Waals surface area contributed by atoms with Crippen LogP contribution in [0.25, 0.3) is 10.2 Å². The highest BCUT2D eigenvalue weighted by Gasteiger charge is 2.09. The van der Waals surface area contributed by atoms with Crippen LogP contribution < -0.4 is 10.1 Å². The molecule has 7 heteroatoms. The lowest BCUT2D eigenvalue weighted by atomic mass is 10.2. The van der Waals surface area contributed by atoms with E-state index < -0.39 is 6.09 Å². The molecule has 0 saturated carbocycles. The van der Waals surface area contributed by atoms with Gasteiger partial charge in [0.2, 0.25) is 5.88 Å². The molecule has 2 heterocycles. The van der Waals surface area contributed by atoms with Crippen LogP contribution in [0.2, 0.25) is 0 Å². The highest BCUT2D eigenvalue weighted by Crippen LogP contribution is 2.31. The summed E-state index contributed by atoms with van der Waals surface area (Å²) in [5, 5.41) is 5.51. The van der Waals surface area contributed by atoms with Gasteiger partial charge in [0.05, 0.1) is 12.0 Å². The smallest absolute Gasteiger partial charge is 0.411 e. The molecule has 0 aliphatic heterocycles. The van der Waals surface area contributed by atoms with Crippen molar-refractivity contribution in [2.75, 3.05) is 11.9 Å².